The summed E-state index contributed by atoms with van der Waals surface area (Å²) in [7, 11) is 2.08. The molecular formula is C34H35F2N7O5. The third-order valence-electron chi connectivity index (χ3n) is 8.73. The van der Waals surface area contributed by atoms with E-state index < -0.39 is 34.8 Å². The zero-order valence-electron chi connectivity index (χ0n) is 26.8. The molecular weight excluding hydrogens is 624 g/mol. The Bertz CT molecular complexity index is 1990. The van der Waals surface area contributed by atoms with Gasteiger partial charge in [-0.3, -0.25) is 19.0 Å². The van der Waals surface area contributed by atoms with Gasteiger partial charge in [0.1, 0.15) is 17.7 Å². The monoisotopic (exact) mass is 659 g/mol. The van der Waals surface area contributed by atoms with Crippen LogP contribution in [0.5, 0.6) is 11.6 Å². The van der Waals surface area contributed by atoms with Crippen molar-refractivity contribution in [3.63, 3.8) is 0 Å². The summed E-state index contributed by atoms with van der Waals surface area (Å²) >= 11 is 0. The fraction of sp³-hybridized carbons (Fsp3) is 0.353. The van der Waals surface area contributed by atoms with Gasteiger partial charge in [-0.25, -0.2) is 28.1 Å². The summed E-state index contributed by atoms with van der Waals surface area (Å²) < 4.78 is 36.7. The number of fused-ring (bicyclic) bond motifs is 1. The van der Waals surface area contributed by atoms with Gasteiger partial charge in [-0.1, -0.05) is 0 Å². The molecule has 2 aromatic heterocycles. The third kappa shape index (κ3) is 6.74. The first-order chi connectivity index (χ1) is 23.0. The second-order valence-electron chi connectivity index (χ2n) is 12.4. The number of piperidine rings is 1. The fourth-order valence-electron chi connectivity index (χ4n) is 5.94. The first-order valence-corrected chi connectivity index (χ1v) is 15.7. The third-order valence-corrected chi connectivity index (χ3v) is 8.73. The van der Waals surface area contributed by atoms with Crippen molar-refractivity contribution in [2.45, 2.75) is 52.2 Å². The van der Waals surface area contributed by atoms with Crippen molar-refractivity contribution in [3.8, 4) is 17.3 Å². The fourth-order valence-corrected chi connectivity index (χ4v) is 5.94. The van der Waals surface area contributed by atoms with Crippen LogP contribution in [-0.2, 0) is 17.9 Å². The Labute approximate surface area is 274 Å². The van der Waals surface area contributed by atoms with Crippen LogP contribution in [0.25, 0.3) is 5.69 Å². The van der Waals surface area contributed by atoms with Crippen molar-refractivity contribution in [1.82, 2.24) is 28.9 Å². The smallest absolute Gasteiger partial charge is 0.335 e. The van der Waals surface area contributed by atoms with Crippen LogP contribution >= 0.6 is 0 Å². The number of nitrogens with zero attached hydrogens (tertiary/aromatic N) is 6. The molecule has 0 aliphatic carbocycles. The zero-order chi connectivity index (χ0) is 34.1. The van der Waals surface area contributed by atoms with Crippen molar-refractivity contribution in [1.29, 1.82) is 0 Å². The van der Waals surface area contributed by atoms with Gasteiger partial charge in [0.2, 0.25) is 11.8 Å². The topological polar surface area (TPSA) is 132 Å². The van der Waals surface area contributed by atoms with E-state index in [0.717, 1.165) is 54.9 Å². The number of carbonyl (C=O) groups is 2. The van der Waals surface area contributed by atoms with E-state index in [9.17, 15) is 23.6 Å². The number of halogens is 2. The molecule has 0 unspecified atom stereocenters. The van der Waals surface area contributed by atoms with Crippen LogP contribution in [0.1, 0.15) is 60.8 Å². The summed E-state index contributed by atoms with van der Waals surface area (Å²) in [5.41, 5.74) is -0.648. The Balaban J connectivity index is 1.18. The number of carbonyl (C=O) groups excluding carboxylic acids is 2. The molecule has 14 heteroatoms. The van der Waals surface area contributed by atoms with E-state index in [1.54, 1.807) is 18.7 Å². The van der Waals surface area contributed by atoms with Gasteiger partial charge in [0.05, 0.1) is 30.0 Å². The summed E-state index contributed by atoms with van der Waals surface area (Å²) in [5, 5.41) is 2.50. The Morgan fingerprint density at radius 1 is 1.02 bits per heavy atom. The molecule has 0 radical (unpaired) electrons. The first-order valence-electron chi connectivity index (χ1n) is 15.7. The Hall–Kier alpha value is -5.24. The van der Waals surface area contributed by atoms with Gasteiger partial charge in [0.15, 0.2) is 11.6 Å². The molecule has 4 aromatic rings. The van der Waals surface area contributed by atoms with E-state index in [4.69, 9.17) is 4.74 Å². The van der Waals surface area contributed by atoms with Crippen LogP contribution in [-0.4, -0.2) is 60.9 Å². The molecule has 0 spiro atoms. The maximum Gasteiger partial charge on any atom is 0.335 e. The highest BCUT2D eigenvalue weighted by Crippen LogP contribution is 2.33. The highest BCUT2D eigenvalue weighted by Gasteiger charge is 2.31. The van der Waals surface area contributed by atoms with Crippen LogP contribution in [0.15, 0.2) is 64.6 Å². The molecule has 250 valence electrons. The maximum absolute atomic E-state index is 15.3. The minimum Gasteiger partial charge on any atom is -0.435 e. The minimum atomic E-state index is -0.919. The summed E-state index contributed by atoms with van der Waals surface area (Å²) in [4.78, 5) is 65.3. The zero-order valence-corrected chi connectivity index (χ0v) is 26.8. The Morgan fingerprint density at radius 3 is 2.44 bits per heavy atom. The molecule has 2 aliphatic rings. The number of hydrogen-bond acceptors (Lipinski definition) is 8. The molecule has 2 amide bonds. The van der Waals surface area contributed by atoms with Crippen LogP contribution in [0.3, 0.4) is 0 Å². The van der Waals surface area contributed by atoms with Gasteiger partial charge >= 0.3 is 5.69 Å². The molecule has 2 aromatic carbocycles. The van der Waals surface area contributed by atoms with E-state index in [2.05, 4.69) is 27.2 Å². The summed E-state index contributed by atoms with van der Waals surface area (Å²) in [5.74, 6) is -1.92. The SMILES string of the molecule is CC(C)n1cc(C(=O)Nc2ccc(Oc3ncnc4c3CN(C(=O)CC3CCN(C)CC3)C4)c(F)c2)c(=O)n(-c2ccc(F)cc2)c1=O. The number of amides is 2. The lowest BCUT2D eigenvalue weighted by molar-refractivity contribution is -0.133. The number of rotatable bonds is 8. The van der Waals surface area contributed by atoms with Gasteiger partial charge in [0, 0.05) is 30.4 Å². The highest BCUT2D eigenvalue weighted by atomic mass is 19.1. The number of nitrogens with one attached hydrogen (secondary N) is 1. The molecule has 12 nitrogen and oxygen atoms in total. The molecule has 1 fully saturated rings. The first kappa shape index (κ1) is 32.7. The lowest BCUT2D eigenvalue weighted by Gasteiger charge is -2.29. The van der Waals surface area contributed by atoms with E-state index >= 15 is 4.39 Å². The van der Waals surface area contributed by atoms with Crippen LogP contribution in [0, 0.1) is 17.6 Å². The number of ether oxygens (including phenoxy) is 1. The van der Waals surface area contributed by atoms with Crippen molar-refractivity contribution in [3.05, 3.63) is 104 Å². The van der Waals surface area contributed by atoms with Gasteiger partial charge in [-0.05, 0) is 89.1 Å². The largest absolute Gasteiger partial charge is 0.435 e. The Morgan fingerprint density at radius 2 is 1.75 bits per heavy atom. The molecule has 0 atom stereocenters. The predicted molar refractivity (Wildman–Crippen MR) is 172 cm³/mol. The van der Waals surface area contributed by atoms with Gasteiger partial charge in [-0.15, -0.1) is 0 Å². The minimum absolute atomic E-state index is 0.0264. The van der Waals surface area contributed by atoms with E-state index in [0.29, 0.717) is 30.1 Å². The normalized spacial score (nSPS) is 15.1. The molecule has 48 heavy (non-hydrogen) atoms. The molecule has 2 aliphatic heterocycles. The second kappa shape index (κ2) is 13.5. The molecule has 0 bridgehead atoms. The number of hydrogen-bond donors (Lipinski definition) is 1. The van der Waals surface area contributed by atoms with Crippen LogP contribution < -0.4 is 21.3 Å². The number of aromatic nitrogens is 4. The maximum atomic E-state index is 15.3. The van der Waals surface area contributed by atoms with Crippen molar-refractivity contribution in [2.75, 3.05) is 25.5 Å². The average molecular weight is 660 g/mol. The molecule has 0 saturated carbocycles. The van der Waals surface area contributed by atoms with Crippen molar-refractivity contribution in [2.24, 2.45) is 5.92 Å². The molecule has 1 saturated heterocycles. The summed E-state index contributed by atoms with van der Waals surface area (Å²) in [6.45, 7) is 5.92. The lowest BCUT2D eigenvalue weighted by Crippen LogP contribution is -2.42. The molecule has 1 N–H and O–H groups in total. The van der Waals surface area contributed by atoms with Crippen molar-refractivity contribution < 1.29 is 23.1 Å². The van der Waals surface area contributed by atoms with Crippen LogP contribution in [0.4, 0.5) is 14.5 Å². The van der Waals surface area contributed by atoms with Gasteiger partial charge in [0.25, 0.3) is 11.5 Å². The average Bonchev–Trinajstić information content (AvgIpc) is 3.50. The van der Waals surface area contributed by atoms with Crippen molar-refractivity contribution >= 4 is 17.5 Å². The predicted octanol–water partition coefficient (Wildman–Crippen LogP) is 4.27. The summed E-state index contributed by atoms with van der Waals surface area (Å²) in [6, 6.07) is 8.04. The quantitative estimate of drug-likeness (QED) is 0.297. The van der Waals surface area contributed by atoms with Gasteiger partial charge < -0.3 is 19.9 Å². The van der Waals surface area contributed by atoms with E-state index in [-0.39, 0.29) is 41.0 Å². The van der Waals surface area contributed by atoms with E-state index in [1.807, 2.05) is 0 Å². The molecule has 6 rings (SSSR count). The second-order valence-corrected chi connectivity index (χ2v) is 12.4. The Kier molecular flexibility index (Phi) is 9.18. The lowest BCUT2D eigenvalue weighted by atomic mass is 9.93. The standard InChI is InChI=1S/C34H35F2N7O5/c1-20(2)42-17-26(33(46)43(34(42)47)24-7-4-22(35)5-8-24)31(45)39-23-6-9-29(27(36)15-23)48-32-25-16-41(18-28(25)37-19-38-32)30(44)14-21-10-12-40(3)13-11-21/h4-9,15,17,19-21H,10-14,16,18H2,1-3H3,(H,39,45). The van der Waals surface area contributed by atoms with Gasteiger partial charge in [-0.2, -0.15) is 0 Å². The number of anilines is 1. The number of benzene rings is 2. The molecule has 4 heterocycles. The summed E-state index contributed by atoms with van der Waals surface area (Å²) in [6.07, 6.45) is 4.87. The highest BCUT2D eigenvalue weighted by molar-refractivity contribution is 6.03. The van der Waals surface area contributed by atoms with Crippen LogP contribution in [0.2, 0.25) is 0 Å². The number of likely N-dealkylation sites (tertiary alicyclic amines) is 1. The van der Waals surface area contributed by atoms with E-state index in [1.165, 1.54) is 35.2 Å².